The Labute approximate surface area is 160 Å². The van der Waals surface area contributed by atoms with Crippen molar-refractivity contribution in [3.63, 3.8) is 0 Å². The highest BCUT2D eigenvalue weighted by Crippen LogP contribution is 2.26. The molecule has 5 nitrogen and oxygen atoms in total. The van der Waals surface area contributed by atoms with Crippen molar-refractivity contribution in [2.24, 2.45) is 5.73 Å². The number of hydrogen-bond donors (Lipinski definition) is 1. The van der Waals surface area contributed by atoms with Crippen molar-refractivity contribution in [1.29, 1.82) is 0 Å². The van der Waals surface area contributed by atoms with Crippen molar-refractivity contribution in [3.8, 4) is 5.75 Å². The Bertz CT molecular complexity index is 774. The number of rotatable bonds is 7. The lowest BCUT2D eigenvalue weighted by molar-refractivity contribution is -0.130. The number of carbonyl (C=O) groups excluding carboxylic acids is 2. The minimum Gasteiger partial charge on any atom is -0.494 e. The molecule has 2 atom stereocenters. The fourth-order valence-corrected chi connectivity index (χ4v) is 3.44. The average molecular weight is 366 g/mol. The summed E-state index contributed by atoms with van der Waals surface area (Å²) in [5, 5.41) is 0. The van der Waals surface area contributed by atoms with Gasteiger partial charge in [0.05, 0.1) is 6.61 Å². The number of Topliss-reactive ketones (excluding diaryl/α,β-unsaturated/α-hetero) is 1. The summed E-state index contributed by atoms with van der Waals surface area (Å²) in [7, 11) is 0. The van der Waals surface area contributed by atoms with E-state index in [1.807, 2.05) is 23.1 Å². The van der Waals surface area contributed by atoms with Crippen LogP contribution < -0.4 is 10.5 Å². The second-order valence-corrected chi connectivity index (χ2v) is 7.01. The van der Waals surface area contributed by atoms with E-state index in [1.165, 1.54) is 12.5 Å². The SMILES string of the molecule is CC(=O)c1ccc(OCCCC(=O)N2C[C@@H](N)[C@H](c3ccccc3)C2)cc1. The second-order valence-electron chi connectivity index (χ2n) is 7.01. The lowest BCUT2D eigenvalue weighted by Gasteiger charge is -2.16. The molecule has 1 heterocycles. The molecule has 1 aliphatic rings. The van der Waals surface area contributed by atoms with E-state index in [0.29, 0.717) is 43.9 Å². The number of ketones is 1. The molecule has 5 heteroatoms. The van der Waals surface area contributed by atoms with Crippen LogP contribution in [0.2, 0.25) is 0 Å². The minimum absolute atomic E-state index is 0.0209. The Morgan fingerprint density at radius 3 is 2.44 bits per heavy atom. The molecule has 2 aromatic carbocycles. The molecule has 1 saturated heterocycles. The van der Waals surface area contributed by atoms with E-state index >= 15 is 0 Å². The molecular weight excluding hydrogens is 340 g/mol. The first kappa shape index (κ1) is 19.1. The molecule has 3 rings (SSSR count). The molecule has 1 amide bonds. The maximum Gasteiger partial charge on any atom is 0.222 e. The first-order valence-corrected chi connectivity index (χ1v) is 9.36. The maximum absolute atomic E-state index is 12.5. The molecule has 0 saturated carbocycles. The predicted molar refractivity (Wildman–Crippen MR) is 105 cm³/mol. The molecule has 0 unspecified atom stereocenters. The predicted octanol–water partition coefficient (Wildman–Crippen LogP) is 3.00. The van der Waals surface area contributed by atoms with Gasteiger partial charge in [0.1, 0.15) is 5.75 Å². The molecule has 1 aliphatic heterocycles. The van der Waals surface area contributed by atoms with Crippen molar-refractivity contribution < 1.29 is 14.3 Å². The fraction of sp³-hybridized carbons (Fsp3) is 0.364. The van der Waals surface area contributed by atoms with Crippen molar-refractivity contribution in [3.05, 3.63) is 65.7 Å². The van der Waals surface area contributed by atoms with Gasteiger partial charge >= 0.3 is 0 Å². The highest BCUT2D eigenvalue weighted by molar-refractivity contribution is 5.94. The molecule has 0 bridgehead atoms. The van der Waals surface area contributed by atoms with Gasteiger partial charge in [0.15, 0.2) is 5.78 Å². The fourth-order valence-electron chi connectivity index (χ4n) is 3.44. The first-order chi connectivity index (χ1) is 13.0. The number of benzene rings is 2. The number of carbonyl (C=O) groups is 2. The van der Waals surface area contributed by atoms with E-state index in [4.69, 9.17) is 10.5 Å². The van der Waals surface area contributed by atoms with E-state index in [9.17, 15) is 9.59 Å². The first-order valence-electron chi connectivity index (χ1n) is 9.36. The van der Waals surface area contributed by atoms with E-state index < -0.39 is 0 Å². The topological polar surface area (TPSA) is 72.6 Å². The quantitative estimate of drug-likeness (QED) is 0.604. The number of likely N-dealkylation sites (tertiary alicyclic amines) is 1. The van der Waals surface area contributed by atoms with Crippen LogP contribution >= 0.6 is 0 Å². The van der Waals surface area contributed by atoms with Crippen LogP contribution in [-0.2, 0) is 4.79 Å². The zero-order valence-corrected chi connectivity index (χ0v) is 15.6. The monoisotopic (exact) mass is 366 g/mol. The lowest BCUT2D eigenvalue weighted by atomic mass is 9.95. The van der Waals surface area contributed by atoms with E-state index in [-0.39, 0.29) is 23.7 Å². The van der Waals surface area contributed by atoms with Crippen LogP contribution in [0.1, 0.15) is 41.6 Å². The normalized spacial score (nSPS) is 19.1. The summed E-state index contributed by atoms with van der Waals surface area (Å²) in [5.74, 6) is 1.06. The smallest absolute Gasteiger partial charge is 0.222 e. The largest absolute Gasteiger partial charge is 0.494 e. The van der Waals surface area contributed by atoms with E-state index in [2.05, 4.69) is 12.1 Å². The number of nitrogens with zero attached hydrogens (tertiary/aromatic N) is 1. The number of hydrogen-bond acceptors (Lipinski definition) is 4. The highest BCUT2D eigenvalue weighted by Gasteiger charge is 2.33. The van der Waals surface area contributed by atoms with Crippen LogP contribution in [0.5, 0.6) is 5.75 Å². The average Bonchev–Trinajstić information content (AvgIpc) is 3.08. The Kier molecular flexibility index (Phi) is 6.24. The summed E-state index contributed by atoms with van der Waals surface area (Å²) in [4.78, 5) is 25.6. The lowest BCUT2D eigenvalue weighted by Crippen LogP contribution is -2.32. The molecule has 2 N–H and O–H groups in total. The van der Waals surface area contributed by atoms with Gasteiger partial charge < -0.3 is 15.4 Å². The Balaban J connectivity index is 1.42. The Morgan fingerprint density at radius 1 is 1.07 bits per heavy atom. The van der Waals surface area contributed by atoms with E-state index in [1.54, 1.807) is 24.3 Å². The Morgan fingerprint density at radius 2 is 1.78 bits per heavy atom. The molecule has 2 aromatic rings. The Hall–Kier alpha value is -2.66. The van der Waals surface area contributed by atoms with Crippen molar-refractivity contribution in [2.45, 2.75) is 31.7 Å². The molecule has 27 heavy (non-hydrogen) atoms. The number of ether oxygens (including phenoxy) is 1. The van der Waals surface area contributed by atoms with Crippen molar-refractivity contribution >= 4 is 11.7 Å². The number of amides is 1. The van der Waals surface area contributed by atoms with Crippen LogP contribution in [0.3, 0.4) is 0 Å². The third kappa shape index (κ3) is 4.95. The van der Waals surface area contributed by atoms with Crippen LogP contribution in [0.25, 0.3) is 0 Å². The van der Waals surface area contributed by atoms with Crippen LogP contribution in [0.15, 0.2) is 54.6 Å². The van der Waals surface area contributed by atoms with E-state index in [0.717, 1.165) is 0 Å². The van der Waals surface area contributed by atoms with Gasteiger partial charge in [-0.05, 0) is 43.2 Å². The van der Waals surface area contributed by atoms with Gasteiger partial charge in [0.2, 0.25) is 5.91 Å². The summed E-state index contributed by atoms with van der Waals surface area (Å²) in [6.45, 7) is 3.28. The number of nitrogens with two attached hydrogens (primary N) is 1. The summed E-state index contributed by atoms with van der Waals surface area (Å²) in [6.07, 6.45) is 1.09. The molecular formula is C22H26N2O3. The minimum atomic E-state index is -0.0209. The van der Waals surface area contributed by atoms with Crippen molar-refractivity contribution in [1.82, 2.24) is 4.90 Å². The van der Waals surface area contributed by atoms with Gasteiger partial charge in [-0.2, -0.15) is 0 Å². The standard InChI is InChI=1S/C22H26N2O3/c1-16(25)17-9-11-19(12-10-17)27-13-5-8-22(26)24-14-20(21(23)15-24)18-6-3-2-4-7-18/h2-4,6-7,9-12,20-21H,5,8,13-15,23H2,1H3/t20-,21+/m0/s1. The molecule has 0 aromatic heterocycles. The maximum atomic E-state index is 12.5. The zero-order chi connectivity index (χ0) is 19.2. The molecule has 0 aliphatic carbocycles. The summed E-state index contributed by atoms with van der Waals surface area (Å²) < 4.78 is 5.66. The molecule has 142 valence electrons. The van der Waals surface area contributed by atoms with Gasteiger partial charge in [-0.15, -0.1) is 0 Å². The third-order valence-corrected chi connectivity index (χ3v) is 5.01. The summed E-state index contributed by atoms with van der Waals surface area (Å²) >= 11 is 0. The zero-order valence-electron chi connectivity index (χ0n) is 15.6. The molecule has 1 fully saturated rings. The second kappa shape index (κ2) is 8.82. The van der Waals surface area contributed by atoms with Gasteiger partial charge in [-0.3, -0.25) is 9.59 Å². The third-order valence-electron chi connectivity index (χ3n) is 5.01. The van der Waals surface area contributed by atoms with Crippen LogP contribution in [0, 0.1) is 0 Å². The summed E-state index contributed by atoms with van der Waals surface area (Å²) in [6, 6.07) is 17.2. The van der Waals surface area contributed by atoms with Crippen LogP contribution in [-0.4, -0.2) is 42.3 Å². The molecule has 0 radical (unpaired) electrons. The highest BCUT2D eigenvalue weighted by atomic mass is 16.5. The van der Waals surface area contributed by atoms with Gasteiger partial charge in [-0.1, -0.05) is 30.3 Å². The van der Waals surface area contributed by atoms with Gasteiger partial charge in [0.25, 0.3) is 0 Å². The molecule has 0 spiro atoms. The van der Waals surface area contributed by atoms with Gasteiger partial charge in [0, 0.05) is 37.0 Å². The van der Waals surface area contributed by atoms with Gasteiger partial charge in [-0.25, -0.2) is 0 Å². The van der Waals surface area contributed by atoms with Crippen molar-refractivity contribution in [2.75, 3.05) is 19.7 Å². The van der Waals surface area contributed by atoms with Crippen LogP contribution in [0.4, 0.5) is 0 Å². The summed E-state index contributed by atoms with van der Waals surface area (Å²) in [5.41, 5.74) is 8.12.